The molecule has 0 fully saturated rings. The first-order chi connectivity index (χ1) is 10.1. The number of esters is 1. The molecule has 0 saturated heterocycles. The molecule has 4 nitrogen and oxygen atoms in total. The summed E-state index contributed by atoms with van der Waals surface area (Å²) in [6.45, 7) is 3.17. The Bertz CT molecular complexity index is 626. The summed E-state index contributed by atoms with van der Waals surface area (Å²) in [4.78, 5) is 23.1. The Balaban J connectivity index is 0.00000242. The van der Waals surface area contributed by atoms with Gasteiger partial charge in [-0.3, -0.25) is 9.59 Å². The van der Waals surface area contributed by atoms with E-state index in [0.29, 0.717) is 11.3 Å². The topological polar surface area (TPSA) is 55.4 Å². The highest BCUT2D eigenvalue weighted by Gasteiger charge is 2.14. The van der Waals surface area contributed by atoms with Crippen LogP contribution >= 0.6 is 12.4 Å². The van der Waals surface area contributed by atoms with Crippen molar-refractivity contribution in [1.29, 1.82) is 0 Å². The van der Waals surface area contributed by atoms with Crippen LogP contribution in [0.1, 0.15) is 24.2 Å². The van der Waals surface area contributed by atoms with Crippen LogP contribution in [-0.2, 0) is 4.79 Å². The second-order valence-electron chi connectivity index (χ2n) is 4.71. The number of Topliss-reactive ketones (excluding diaryl/α,β-unsaturated/α-hetero) is 1. The van der Waals surface area contributed by atoms with Crippen LogP contribution < -0.4 is 10.1 Å². The number of ether oxygens (including phenoxy) is 1. The van der Waals surface area contributed by atoms with Gasteiger partial charge in [0.2, 0.25) is 0 Å². The Labute approximate surface area is 135 Å². The number of nitrogens with one attached hydrogen (secondary N) is 1. The quantitative estimate of drug-likeness (QED) is 0.518. The zero-order valence-electron chi connectivity index (χ0n) is 12.4. The summed E-state index contributed by atoms with van der Waals surface area (Å²) >= 11 is 0. The number of carbonyl (C=O) groups is 2. The van der Waals surface area contributed by atoms with Gasteiger partial charge >= 0.3 is 5.97 Å². The van der Waals surface area contributed by atoms with Crippen LogP contribution in [-0.4, -0.2) is 17.8 Å². The molecule has 0 spiro atoms. The molecule has 22 heavy (non-hydrogen) atoms. The van der Waals surface area contributed by atoms with E-state index in [2.05, 4.69) is 5.32 Å². The first kappa shape index (κ1) is 17.7. The van der Waals surface area contributed by atoms with Crippen molar-refractivity contribution in [2.45, 2.75) is 19.9 Å². The molecule has 0 heterocycles. The van der Waals surface area contributed by atoms with E-state index in [9.17, 15) is 9.59 Å². The van der Waals surface area contributed by atoms with Crippen molar-refractivity contribution >= 4 is 29.8 Å². The number of carbonyl (C=O) groups excluding carboxylic acids is 2. The second-order valence-corrected chi connectivity index (χ2v) is 4.71. The highest BCUT2D eigenvalue weighted by atomic mass is 35.5. The van der Waals surface area contributed by atoms with Gasteiger partial charge in [-0.05, 0) is 31.2 Å². The average molecular weight is 320 g/mol. The summed E-state index contributed by atoms with van der Waals surface area (Å²) in [5.74, 6) is 0.151. The van der Waals surface area contributed by atoms with Gasteiger partial charge in [0.05, 0.1) is 6.04 Å². The molecule has 0 unspecified atom stereocenters. The van der Waals surface area contributed by atoms with Gasteiger partial charge < -0.3 is 10.1 Å². The SMILES string of the molecule is CC(=O)Oc1ccc(N[C@@H](C)C(=O)c2ccccc2)cc1.Cl. The molecule has 0 amide bonds. The molecule has 2 aromatic carbocycles. The minimum Gasteiger partial charge on any atom is -0.427 e. The van der Waals surface area contributed by atoms with Gasteiger partial charge in [0, 0.05) is 18.2 Å². The third-order valence-corrected chi connectivity index (χ3v) is 2.95. The number of anilines is 1. The van der Waals surface area contributed by atoms with Gasteiger partial charge in [0.15, 0.2) is 5.78 Å². The van der Waals surface area contributed by atoms with E-state index in [1.54, 1.807) is 36.4 Å². The highest BCUT2D eigenvalue weighted by Crippen LogP contribution is 2.17. The molecule has 5 heteroatoms. The lowest BCUT2D eigenvalue weighted by Crippen LogP contribution is -2.26. The third kappa shape index (κ3) is 4.90. The summed E-state index contributed by atoms with van der Waals surface area (Å²) < 4.78 is 4.96. The molecule has 0 radical (unpaired) electrons. The maximum atomic E-state index is 12.2. The van der Waals surface area contributed by atoms with Crippen LogP contribution in [0.15, 0.2) is 54.6 Å². The number of hydrogen-bond acceptors (Lipinski definition) is 4. The number of halogens is 1. The highest BCUT2D eigenvalue weighted by molar-refractivity contribution is 6.01. The van der Waals surface area contributed by atoms with Crippen molar-refractivity contribution in [2.75, 3.05) is 5.32 Å². The van der Waals surface area contributed by atoms with Crippen LogP contribution in [0.25, 0.3) is 0 Å². The molecule has 0 aliphatic heterocycles. The van der Waals surface area contributed by atoms with Crippen LogP contribution in [0.4, 0.5) is 5.69 Å². The van der Waals surface area contributed by atoms with Gasteiger partial charge in [0.1, 0.15) is 5.75 Å². The summed E-state index contributed by atoms with van der Waals surface area (Å²) in [6, 6.07) is 15.7. The van der Waals surface area contributed by atoms with Crippen LogP contribution in [0.2, 0.25) is 0 Å². The lowest BCUT2D eigenvalue weighted by Gasteiger charge is -2.14. The number of rotatable bonds is 5. The maximum absolute atomic E-state index is 12.2. The Morgan fingerprint density at radius 3 is 2.14 bits per heavy atom. The fourth-order valence-electron chi connectivity index (χ4n) is 1.95. The Morgan fingerprint density at radius 2 is 1.59 bits per heavy atom. The van der Waals surface area contributed by atoms with E-state index < -0.39 is 0 Å². The summed E-state index contributed by atoms with van der Waals surface area (Å²) in [5, 5.41) is 3.13. The number of hydrogen-bond donors (Lipinski definition) is 1. The molecule has 0 saturated carbocycles. The number of benzene rings is 2. The van der Waals surface area contributed by atoms with Gasteiger partial charge in [-0.25, -0.2) is 0 Å². The monoisotopic (exact) mass is 319 g/mol. The average Bonchev–Trinajstić information content (AvgIpc) is 2.49. The predicted octanol–water partition coefficient (Wildman–Crippen LogP) is 3.72. The van der Waals surface area contributed by atoms with E-state index in [1.165, 1.54) is 6.92 Å². The molecule has 1 N–H and O–H groups in total. The van der Waals surface area contributed by atoms with Crippen molar-refractivity contribution in [3.05, 3.63) is 60.2 Å². The third-order valence-electron chi connectivity index (χ3n) is 2.95. The standard InChI is InChI=1S/C17H17NO3.ClH/c1-12(17(20)14-6-4-3-5-7-14)18-15-8-10-16(11-9-15)21-13(2)19;/h3-12,18H,1-2H3;1H/t12-;/m0./s1. The van der Waals surface area contributed by atoms with Crippen LogP contribution in [0.3, 0.4) is 0 Å². The fourth-order valence-corrected chi connectivity index (χ4v) is 1.95. The van der Waals surface area contributed by atoms with E-state index in [0.717, 1.165) is 5.69 Å². The van der Waals surface area contributed by atoms with Crippen molar-refractivity contribution in [3.63, 3.8) is 0 Å². The van der Waals surface area contributed by atoms with Crippen LogP contribution in [0, 0.1) is 0 Å². The molecule has 116 valence electrons. The van der Waals surface area contributed by atoms with E-state index in [-0.39, 0.29) is 30.2 Å². The Morgan fingerprint density at radius 1 is 1.00 bits per heavy atom. The maximum Gasteiger partial charge on any atom is 0.308 e. The number of ketones is 1. The van der Waals surface area contributed by atoms with Gasteiger partial charge in [-0.1, -0.05) is 30.3 Å². The van der Waals surface area contributed by atoms with E-state index in [1.807, 2.05) is 25.1 Å². The first-order valence-electron chi connectivity index (χ1n) is 6.70. The lowest BCUT2D eigenvalue weighted by molar-refractivity contribution is -0.131. The molecule has 0 aromatic heterocycles. The van der Waals surface area contributed by atoms with Crippen molar-refractivity contribution in [3.8, 4) is 5.75 Å². The molecule has 0 aliphatic rings. The lowest BCUT2D eigenvalue weighted by atomic mass is 10.1. The largest absolute Gasteiger partial charge is 0.427 e. The second kappa shape index (κ2) is 8.20. The predicted molar refractivity (Wildman–Crippen MR) is 88.9 cm³/mol. The van der Waals surface area contributed by atoms with E-state index >= 15 is 0 Å². The summed E-state index contributed by atoms with van der Waals surface area (Å²) in [5.41, 5.74) is 1.47. The van der Waals surface area contributed by atoms with Crippen LogP contribution in [0.5, 0.6) is 5.75 Å². The minimum atomic E-state index is -0.358. The fraction of sp³-hybridized carbons (Fsp3) is 0.176. The smallest absolute Gasteiger partial charge is 0.308 e. The van der Waals surface area contributed by atoms with Crippen molar-refractivity contribution < 1.29 is 14.3 Å². The van der Waals surface area contributed by atoms with E-state index in [4.69, 9.17) is 4.74 Å². The molecule has 2 rings (SSSR count). The molecular weight excluding hydrogens is 302 g/mol. The zero-order chi connectivity index (χ0) is 15.2. The summed E-state index contributed by atoms with van der Waals surface area (Å²) in [7, 11) is 0. The molecule has 2 aromatic rings. The molecule has 0 bridgehead atoms. The van der Waals surface area contributed by atoms with Gasteiger partial charge in [-0.15, -0.1) is 12.4 Å². The minimum absolute atomic E-state index is 0. The van der Waals surface area contributed by atoms with Crippen molar-refractivity contribution in [2.24, 2.45) is 0 Å². The Hall–Kier alpha value is -2.33. The summed E-state index contributed by atoms with van der Waals surface area (Å²) in [6.07, 6.45) is 0. The normalized spacial score (nSPS) is 11.0. The van der Waals surface area contributed by atoms with Gasteiger partial charge in [-0.2, -0.15) is 0 Å². The molecular formula is C17H18ClNO3. The first-order valence-corrected chi connectivity index (χ1v) is 6.70. The molecule has 0 aliphatic carbocycles. The zero-order valence-corrected chi connectivity index (χ0v) is 13.2. The Kier molecular flexibility index (Phi) is 6.60. The van der Waals surface area contributed by atoms with Crippen molar-refractivity contribution in [1.82, 2.24) is 0 Å². The van der Waals surface area contributed by atoms with Gasteiger partial charge in [0.25, 0.3) is 0 Å². The molecule has 1 atom stereocenters.